The van der Waals surface area contributed by atoms with Crippen LogP contribution in [0.5, 0.6) is 5.75 Å². The molecule has 0 heterocycles. The Kier molecular flexibility index (Phi) is 4.75. The molecule has 2 aromatic carbocycles. The summed E-state index contributed by atoms with van der Waals surface area (Å²) in [6.07, 6.45) is -5.02. The maximum Gasteiger partial charge on any atom is 0.471 e. The largest absolute Gasteiger partial charge is 0.497 e. The molecule has 7 heteroatoms. The van der Waals surface area contributed by atoms with Crippen LogP contribution in [0.15, 0.2) is 36.4 Å². The summed E-state index contributed by atoms with van der Waals surface area (Å²) in [6.45, 7) is 2.68. The Morgan fingerprint density at radius 1 is 1.12 bits per heavy atom. The third-order valence-corrected chi connectivity index (χ3v) is 3.64. The Morgan fingerprint density at radius 2 is 1.71 bits per heavy atom. The second-order valence-corrected chi connectivity index (χ2v) is 6.03. The number of benzene rings is 2. The summed E-state index contributed by atoms with van der Waals surface area (Å²) >= 11 is 0. The highest BCUT2D eigenvalue weighted by Crippen LogP contribution is 2.30. The standard InChI is InChI=1S/C17H18F3NO3/c1-16(2,23)14(21-15(22)17(18,19)20)12-5-4-11-9-13(24-3)7-6-10(11)8-12/h4-9,14,23H,1-3H3,(H,21,22). The van der Waals surface area contributed by atoms with E-state index in [-0.39, 0.29) is 0 Å². The molecule has 0 spiro atoms. The highest BCUT2D eigenvalue weighted by Gasteiger charge is 2.42. The molecule has 0 fully saturated rings. The highest BCUT2D eigenvalue weighted by molar-refractivity contribution is 5.85. The van der Waals surface area contributed by atoms with Gasteiger partial charge in [0, 0.05) is 0 Å². The molecule has 0 aromatic heterocycles. The minimum atomic E-state index is -5.02. The molecule has 0 aliphatic rings. The first-order chi connectivity index (χ1) is 11.0. The molecule has 1 unspecified atom stereocenters. The number of aliphatic hydroxyl groups is 1. The van der Waals surface area contributed by atoms with Crippen molar-refractivity contribution in [2.45, 2.75) is 31.7 Å². The molecule has 2 rings (SSSR count). The Morgan fingerprint density at radius 3 is 2.25 bits per heavy atom. The van der Waals surface area contributed by atoms with Crippen LogP contribution in [0.4, 0.5) is 13.2 Å². The molecule has 0 saturated heterocycles. The number of nitrogens with one attached hydrogen (secondary N) is 1. The van der Waals surface area contributed by atoms with Crippen molar-refractivity contribution in [1.29, 1.82) is 0 Å². The second-order valence-electron chi connectivity index (χ2n) is 6.03. The smallest absolute Gasteiger partial charge is 0.471 e. The number of halogens is 3. The van der Waals surface area contributed by atoms with E-state index in [1.54, 1.807) is 36.4 Å². The van der Waals surface area contributed by atoms with Gasteiger partial charge in [0.25, 0.3) is 0 Å². The quantitative estimate of drug-likeness (QED) is 0.897. The number of carbonyl (C=O) groups excluding carboxylic acids is 1. The molecule has 0 aliphatic carbocycles. The van der Waals surface area contributed by atoms with Crippen LogP contribution in [0, 0.1) is 0 Å². The Bertz CT molecular complexity index is 751. The lowest BCUT2D eigenvalue weighted by Gasteiger charge is -2.31. The SMILES string of the molecule is COc1ccc2cc(C(NC(=O)C(F)(F)F)C(C)(C)O)ccc2c1. The molecule has 2 N–H and O–H groups in total. The van der Waals surface area contributed by atoms with Crippen LogP contribution in [0.3, 0.4) is 0 Å². The fraction of sp³-hybridized carbons (Fsp3) is 0.353. The average molecular weight is 341 g/mol. The monoisotopic (exact) mass is 341 g/mol. The summed E-state index contributed by atoms with van der Waals surface area (Å²) in [5.41, 5.74) is -1.21. The van der Waals surface area contributed by atoms with Gasteiger partial charge in [0.05, 0.1) is 18.8 Å². The molecule has 1 amide bonds. The molecule has 0 aliphatic heterocycles. The van der Waals surface area contributed by atoms with Gasteiger partial charge < -0.3 is 15.2 Å². The maximum absolute atomic E-state index is 12.5. The lowest BCUT2D eigenvalue weighted by atomic mass is 9.90. The number of amides is 1. The van der Waals surface area contributed by atoms with Gasteiger partial charge in [0.15, 0.2) is 0 Å². The van der Waals surface area contributed by atoms with Gasteiger partial charge in [-0.3, -0.25) is 4.79 Å². The number of alkyl halides is 3. The molecule has 0 bridgehead atoms. The summed E-state index contributed by atoms with van der Waals surface area (Å²) < 4.78 is 42.7. The minimum Gasteiger partial charge on any atom is -0.497 e. The highest BCUT2D eigenvalue weighted by atomic mass is 19.4. The predicted octanol–water partition coefficient (Wildman–Crippen LogP) is 3.34. The van der Waals surface area contributed by atoms with E-state index >= 15 is 0 Å². The minimum absolute atomic E-state index is 0.373. The lowest BCUT2D eigenvalue weighted by Crippen LogP contribution is -2.46. The van der Waals surface area contributed by atoms with Gasteiger partial charge in [-0.15, -0.1) is 0 Å². The third-order valence-electron chi connectivity index (χ3n) is 3.64. The molecular formula is C17H18F3NO3. The number of fused-ring (bicyclic) bond motifs is 1. The zero-order valence-corrected chi connectivity index (χ0v) is 13.4. The third kappa shape index (κ3) is 3.97. The number of ether oxygens (including phenoxy) is 1. The van der Waals surface area contributed by atoms with Crippen molar-refractivity contribution in [3.8, 4) is 5.75 Å². The van der Waals surface area contributed by atoms with Crippen molar-refractivity contribution in [2.24, 2.45) is 0 Å². The van der Waals surface area contributed by atoms with Gasteiger partial charge in [-0.25, -0.2) is 0 Å². The summed E-state index contributed by atoms with van der Waals surface area (Å²) in [6, 6.07) is 8.95. The van der Waals surface area contributed by atoms with Crippen molar-refractivity contribution in [3.63, 3.8) is 0 Å². The first-order valence-electron chi connectivity index (χ1n) is 7.20. The predicted molar refractivity (Wildman–Crippen MR) is 83.7 cm³/mol. The fourth-order valence-electron chi connectivity index (χ4n) is 2.43. The molecule has 24 heavy (non-hydrogen) atoms. The van der Waals surface area contributed by atoms with Crippen molar-refractivity contribution >= 4 is 16.7 Å². The van der Waals surface area contributed by atoms with Crippen molar-refractivity contribution in [3.05, 3.63) is 42.0 Å². The van der Waals surface area contributed by atoms with Crippen LogP contribution in [0.25, 0.3) is 10.8 Å². The first-order valence-corrected chi connectivity index (χ1v) is 7.20. The molecule has 0 radical (unpaired) electrons. The Balaban J connectivity index is 2.43. The molecule has 4 nitrogen and oxygen atoms in total. The van der Waals surface area contributed by atoms with Crippen molar-refractivity contribution in [1.82, 2.24) is 5.32 Å². The number of carbonyl (C=O) groups is 1. The Hall–Kier alpha value is -2.28. The van der Waals surface area contributed by atoms with Crippen LogP contribution in [-0.2, 0) is 4.79 Å². The van der Waals surface area contributed by atoms with Crippen LogP contribution < -0.4 is 10.1 Å². The van der Waals surface area contributed by atoms with Crippen LogP contribution in [0.2, 0.25) is 0 Å². The Labute approximate surface area is 137 Å². The zero-order valence-electron chi connectivity index (χ0n) is 13.4. The van der Waals surface area contributed by atoms with E-state index in [2.05, 4.69) is 0 Å². The van der Waals surface area contributed by atoms with Gasteiger partial charge >= 0.3 is 12.1 Å². The number of rotatable bonds is 4. The number of hydrogen-bond acceptors (Lipinski definition) is 3. The summed E-state index contributed by atoms with van der Waals surface area (Å²) in [5.74, 6) is -1.44. The summed E-state index contributed by atoms with van der Waals surface area (Å²) in [5, 5.41) is 13.6. The van der Waals surface area contributed by atoms with E-state index < -0.39 is 23.7 Å². The van der Waals surface area contributed by atoms with Gasteiger partial charge in [-0.1, -0.05) is 18.2 Å². The van der Waals surface area contributed by atoms with Gasteiger partial charge in [-0.05, 0) is 48.4 Å². The molecular weight excluding hydrogens is 323 g/mol. The molecule has 0 saturated carbocycles. The number of hydrogen-bond donors (Lipinski definition) is 2. The van der Waals surface area contributed by atoms with Gasteiger partial charge in [0.1, 0.15) is 5.75 Å². The molecule has 1 atom stereocenters. The lowest BCUT2D eigenvalue weighted by molar-refractivity contribution is -0.176. The van der Waals surface area contributed by atoms with E-state index in [9.17, 15) is 23.1 Å². The van der Waals surface area contributed by atoms with Gasteiger partial charge in [-0.2, -0.15) is 13.2 Å². The summed E-state index contributed by atoms with van der Waals surface area (Å²) in [4.78, 5) is 11.3. The van der Waals surface area contributed by atoms with E-state index in [4.69, 9.17) is 4.74 Å². The van der Waals surface area contributed by atoms with E-state index in [1.807, 2.05) is 5.32 Å². The van der Waals surface area contributed by atoms with Crippen LogP contribution in [-0.4, -0.2) is 29.9 Å². The summed E-state index contributed by atoms with van der Waals surface area (Å²) in [7, 11) is 1.53. The number of methoxy groups -OCH3 is 1. The molecule has 130 valence electrons. The van der Waals surface area contributed by atoms with Crippen LogP contribution in [0.1, 0.15) is 25.5 Å². The van der Waals surface area contributed by atoms with E-state index in [0.29, 0.717) is 11.3 Å². The second kappa shape index (κ2) is 6.32. The maximum atomic E-state index is 12.5. The van der Waals surface area contributed by atoms with E-state index in [0.717, 1.165) is 10.8 Å². The first kappa shape index (κ1) is 18.1. The zero-order chi connectivity index (χ0) is 18.1. The normalized spacial score (nSPS) is 13.6. The van der Waals surface area contributed by atoms with Gasteiger partial charge in [0.2, 0.25) is 0 Å². The molecule has 2 aromatic rings. The van der Waals surface area contributed by atoms with Crippen molar-refractivity contribution < 1.29 is 27.8 Å². The van der Waals surface area contributed by atoms with Crippen LogP contribution >= 0.6 is 0 Å². The fourth-order valence-corrected chi connectivity index (χ4v) is 2.43. The van der Waals surface area contributed by atoms with Crippen molar-refractivity contribution in [2.75, 3.05) is 7.11 Å². The van der Waals surface area contributed by atoms with E-state index in [1.165, 1.54) is 21.0 Å². The topological polar surface area (TPSA) is 58.6 Å². The average Bonchev–Trinajstić information content (AvgIpc) is 2.49.